The van der Waals surface area contributed by atoms with Crippen molar-refractivity contribution in [2.75, 3.05) is 11.9 Å². The van der Waals surface area contributed by atoms with Crippen LogP contribution in [-0.4, -0.2) is 16.6 Å². The second kappa shape index (κ2) is 5.66. The van der Waals surface area contributed by atoms with Crippen LogP contribution in [0.25, 0.3) is 0 Å². The van der Waals surface area contributed by atoms with Crippen molar-refractivity contribution in [2.45, 2.75) is 6.10 Å². The van der Waals surface area contributed by atoms with Crippen molar-refractivity contribution in [3.63, 3.8) is 0 Å². The number of hydrogen-bond acceptors (Lipinski definition) is 4. The number of aromatic nitrogens is 2. The van der Waals surface area contributed by atoms with Crippen molar-refractivity contribution >= 4 is 17.4 Å². The smallest absolute Gasteiger partial charge is 0.222 e. The molecule has 2 rings (SSSR count). The van der Waals surface area contributed by atoms with Crippen LogP contribution in [0.4, 0.5) is 5.82 Å². The van der Waals surface area contributed by atoms with Crippen molar-refractivity contribution in [3.8, 4) is 0 Å². The summed E-state index contributed by atoms with van der Waals surface area (Å²) in [5, 5.41) is 24.0. The monoisotopic (exact) mass is 265 g/mol. The molecule has 0 aliphatic carbocycles. The van der Waals surface area contributed by atoms with Gasteiger partial charge in [0.25, 0.3) is 0 Å². The van der Waals surface area contributed by atoms with E-state index in [1.165, 1.54) is 6.20 Å². The van der Waals surface area contributed by atoms with Crippen LogP contribution in [0.2, 0.25) is 5.15 Å². The molecule has 18 heavy (non-hydrogen) atoms. The standard InChI is InChI=1S/C12H12ClN3O2/c13-11-7-16(18)8-12(15-11)14-6-10(17)9-4-2-1-3-5-9/h1-5,7-8,10,17H,6H2,(H,14,15). The van der Waals surface area contributed by atoms with E-state index < -0.39 is 6.10 Å². The van der Waals surface area contributed by atoms with E-state index >= 15 is 0 Å². The maximum atomic E-state index is 11.1. The molecule has 0 fully saturated rings. The summed E-state index contributed by atoms with van der Waals surface area (Å²) >= 11 is 5.65. The van der Waals surface area contributed by atoms with E-state index in [0.29, 0.717) is 10.5 Å². The molecule has 0 spiro atoms. The van der Waals surface area contributed by atoms with Gasteiger partial charge in [0.15, 0.2) is 11.0 Å². The summed E-state index contributed by atoms with van der Waals surface area (Å²) in [6.45, 7) is 0.247. The fourth-order valence-corrected chi connectivity index (χ4v) is 1.70. The Morgan fingerprint density at radius 1 is 1.33 bits per heavy atom. The summed E-state index contributed by atoms with van der Waals surface area (Å²) in [6.07, 6.45) is 1.73. The lowest BCUT2D eigenvalue weighted by molar-refractivity contribution is -0.605. The Balaban J connectivity index is 1.99. The number of hydrogen-bond donors (Lipinski definition) is 2. The van der Waals surface area contributed by atoms with E-state index in [0.717, 1.165) is 11.8 Å². The Hall–Kier alpha value is -1.85. The van der Waals surface area contributed by atoms with E-state index in [1.807, 2.05) is 30.3 Å². The predicted molar refractivity (Wildman–Crippen MR) is 68.1 cm³/mol. The lowest BCUT2D eigenvalue weighted by Gasteiger charge is -2.12. The Morgan fingerprint density at radius 2 is 2.06 bits per heavy atom. The number of rotatable bonds is 4. The molecule has 1 heterocycles. The van der Waals surface area contributed by atoms with Gasteiger partial charge in [0.2, 0.25) is 12.4 Å². The van der Waals surface area contributed by atoms with Crippen molar-refractivity contribution in [2.24, 2.45) is 0 Å². The Kier molecular flexibility index (Phi) is 3.96. The van der Waals surface area contributed by atoms with Gasteiger partial charge in [-0.25, -0.2) is 4.98 Å². The first-order valence-corrected chi connectivity index (χ1v) is 5.76. The fraction of sp³-hybridized carbons (Fsp3) is 0.167. The van der Waals surface area contributed by atoms with Crippen LogP contribution in [0.5, 0.6) is 0 Å². The minimum Gasteiger partial charge on any atom is -0.619 e. The number of aliphatic hydroxyl groups is 1. The van der Waals surface area contributed by atoms with Gasteiger partial charge in [-0.05, 0) is 5.56 Å². The van der Waals surface area contributed by atoms with Crippen LogP contribution >= 0.6 is 11.6 Å². The lowest BCUT2D eigenvalue weighted by Crippen LogP contribution is -2.26. The average Bonchev–Trinajstić information content (AvgIpc) is 2.36. The number of aliphatic hydroxyl groups excluding tert-OH is 1. The fourth-order valence-electron chi connectivity index (χ4n) is 1.52. The Labute approximate surface area is 109 Å². The van der Waals surface area contributed by atoms with Crippen LogP contribution in [0.1, 0.15) is 11.7 Å². The van der Waals surface area contributed by atoms with Gasteiger partial charge in [-0.1, -0.05) is 41.9 Å². The van der Waals surface area contributed by atoms with Crippen LogP contribution < -0.4 is 10.0 Å². The molecule has 1 atom stereocenters. The van der Waals surface area contributed by atoms with Crippen LogP contribution in [0, 0.1) is 5.21 Å². The van der Waals surface area contributed by atoms with E-state index in [1.54, 1.807) is 0 Å². The third kappa shape index (κ3) is 3.32. The summed E-state index contributed by atoms with van der Waals surface area (Å²) in [4.78, 5) is 3.92. The van der Waals surface area contributed by atoms with Gasteiger partial charge in [0.05, 0.1) is 6.10 Å². The highest BCUT2D eigenvalue weighted by molar-refractivity contribution is 6.29. The quantitative estimate of drug-likeness (QED) is 0.649. The highest BCUT2D eigenvalue weighted by Crippen LogP contribution is 2.13. The molecule has 6 heteroatoms. The van der Waals surface area contributed by atoms with E-state index in [-0.39, 0.29) is 11.7 Å². The van der Waals surface area contributed by atoms with Crippen molar-refractivity contribution in [1.82, 2.24) is 4.98 Å². The van der Waals surface area contributed by atoms with Crippen molar-refractivity contribution in [3.05, 3.63) is 58.6 Å². The minimum atomic E-state index is -0.674. The predicted octanol–water partition coefficient (Wildman–Crippen LogP) is 1.51. The molecular weight excluding hydrogens is 254 g/mol. The Morgan fingerprint density at radius 3 is 2.72 bits per heavy atom. The molecule has 2 aromatic rings. The number of anilines is 1. The third-order valence-electron chi connectivity index (χ3n) is 2.37. The Bertz CT molecular complexity index is 502. The second-order valence-electron chi connectivity index (χ2n) is 3.75. The number of halogens is 1. The average molecular weight is 266 g/mol. The van der Waals surface area contributed by atoms with E-state index in [9.17, 15) is 10.3 Å². The molecule has 1 aromatic carbocycles. The van der Waals surface area contributed by atoms with Gasteiger partial charge in [-0.2, -0.15) is 4.73 Å². The largest absolute Gasteiger partial charge is 0.619 e. The van der Waals surface area contributed by atoms with E-state index in [2.05, 4.69) is 10.3 Å². The maximum absolute atomic E-state index is 11.1. The van der Waals surface area contributed by atoms with Crippen LogP contribution in [0.15, 0.2) is 42.7 Å². The third-order valence-corrected chi connectivity index (χ3v) is 2.55. The summed E-state index contributed by atoms with van der Waals surface area (Å²) in [6, 6.07) is 9.23. The van der Waals surface area contributed by atoms with Gasteiger partial charge in [-0.3, -0.25) is 0 Å². The van der Waals surface area contributed by atoms with Gasteiger partial charge in [0, 0.05) is 6.54 Å². The highest BCUT2D eigenvalue weighted by Gasteiger charge is 2.08. The van der Waals surface area contributed by atoms with Gasteiger partial charge in [-0.15, -0.1) is 0 Å². The molecule has 0 saturated carbocycles. The molecule has 1 aromatic heterocycles. The number of nitrogens with zero attached hydrogens (tertiary/aromatic N) is 2. The zero-order valence-electron chi connectivity index (χ0n) is 9.45. The summed E-state index contributed by atoms with van der Waals surface area (Å²) in [7, 11) is 0. The van der Waals surface area contributed by atoms with Gasteiger partial charge in [0.1, 0.15) is 0 Å². The molecule has 2 N–H and O–H groups in total. The minimum absolute atomic E-state index is 0.101. The summed E-state index contributed by atoms with van der Waals surface area (Å²) < 4.78 is 0.562. The SMILES string of the molecule is [O-][n+]1cc(Cl)nc(NCC(O)c2ccccc2)c1. The van der Waals surface area contributed by atoms with Gasteiger partial charge < -0.3 is 15.6 Å². The summed E-state index contributed by atoms with van der Waals surface area (Å²) in [5.74, 6) is 0.326. The van der Waals surface area contributed by atoms with Crippen molar-refractivity contribution in [1.29, 1.82) is 0 Å². The molecule has 0 amide bonds. The number of benzene rings is 1. The zero-order valence-corrected chi connectivity index (χ0v) is 10.2. The van der Waals surface area contributed by atoms with Crippen molar-refractivity contribution < 1.29 is 9.84 Å². The molecule has 0 radical (unpaired) electrons. The topological polar surface area (TPSA) is 72.1 Å². The molecule has 94 valence electrons. The second-order valence-corrected chi connectivity index (χ2v) is 4.13. The molecule has 0 aliphatic rings. The first-order chi connectivity index (χ1) is 8.65. The number of nitrogens with one attached hydrogen (secondary N) is 1. The first-order valence-electron chi connectivity index (χ1n) is 5.38. The van der Waals surface area contributed by atoms with Crippen LogP contribution in [-0.2, 0) is 0 Å². The first kappa shape index (κ1) is 12.6. The molecule has 1 unspecified atom stereocenters. The molecule has 0 aliphatic heterocycles. The molecular formula is C12H12ClN3O2. The van der Waals surface area contributed by atoms with Crippen LogP contribution in [0.3, 0.4) is 0 Å². The van der Waals surface area contributed by atoms with E-state index in [4.69, 9.17) is 11.6 Å². The maximum Gasteiger partial charge on any atom is 0.222 e. The van der Waals surface area contributed by atoms with Gasteiger partial charge >= 0.3 is 0 Å². The molecule has 0 bridgehead atoms. The lowest BCUT2D eigenvalue weighted by atomic mass is 10.1. The molecule has 0 saturated heterocycles. The zero-order chi connectivity index (χ0) is 13.0. The summed E-state index contributed by atoms with van der Waals surface area (Å²) in [5.41, 5.74) is 0.794. The molecule has 5 nitrogen and oxygen atoms in total. The normalized spacial score (nSPS) is 12.1. The highest BCUT2D eigenvalue weighted by atomic mass is 35.5.